The highest BCUT2D eigenvalue weighted by atomic mass is 19.4. The molecule has 0 aromatic carbocycles. The summed E-state index contributed by atoms with van der Waals surface area (Å²) in [5.41, 5.74) is -0.776. The van der Waals surface area contributed by atoms with Crippen LogP contribution in [0.15, 0.2) is 24.8 Å². The monoisotopic (exact) mass is 260 g/mol. The zero-order valence-corrected chi connectivity index (χ0v) is 10.0. The Kier molecular flexibility index (Phi) is 5.00. The summed E-state index contributed by atoms with van der Waals surface area (Å²) in [5, 5.41) is 2.74. The fraction of sp³-hybridized carbons (Fsp3) is 0.417. The second kappa shape index (κ2) is 6.28. The van der Waals surface area contributed by atoms with Gasteiger partial charge in [0.25, 0.3) is 0 Å². The molecule has 0 bridgehead atoms. The fourth-order valence-electron chi connectivity index (χ4n) is 1.26. The summed E-state index contributed by atoms with van der Waals surface area (Å²) in [5.74, 6) is 0.114. The summed E-state index contributed by atoms with van der Waals surface area (Å²) in [6, 6.07) is 1.85. The highest BCUT2D eigenvalue weighted by Crippen LogP contribution is 2.32. The van der Waals surface area contributed by atoms with Gasteiger partial charge in [0.1, 0.15) is 5.82 Å². The van der Waals surface area contributed by atoms with E-state index in [1.807, 2.05) is 0 Å². The number of aromatic nitrogens is 1. The van der Waals surface area contributed by atoms with E-state index in [1.54, 1.807) is 13.0 Å². The molecule has 0 amide bonds. The van der Waals surface area contributed by atoms with Crippen LogP contribution in [-0.2, 0) is 6.18 Å². The largest absolute Gasteiger partial charge is 0.477 e. The number of nitrogens with one attached hydrogen (secondary N) is 1. The van der Waals surface area contributed by atoms with E-state index >= 15 is 0 Å². The third-order valence-corrected chi connectivity index (χ3v) is 2.06. The van der Waals surface area contributed by atoms with Crippen molar-refractivity contribution in [1.29, 1.82) is 0 Å². The highest BCUT2D eigenvalue weighted by Gasteiger charge is 2.31. The predicted octanol–water partition coefficient (Wildman–Crippen LogP) is 3.49. The summed E-state index contributed by atoms with van der Waals surface area (Å²) in [6.07, 6.45) is -2.24. The van der Waals surface area contributed by atoms with Gasteiger partial charge in [0.15, 0.2) is 0 Å². The number of hydrogen-bond donors (Lipinski definition) is 1. The number of nitrogens with zero attached hydrogens (tertiary/aromatic N) is 1. The molecule has 1 aromatic rings. The maximum Gasteiger partial charge on any atom is 0.416 e. The summed E-state index contributed by atoms with van der Waals surface area (Å²) >= 11 is 0. The lowest BCUT2D eigenvalue weighted by molar-refractivity contribution is -0.137. The van der Waals surface area contributed by atoms with Crippen LogP contribution in [0.25, 0.3) is 0 Å². The number of pyridine rings is 1. The molecule has 1 aromatic heterocycles. The van der Waals surface area contributed by atoms with Gasteiger partial charge in [0, 0.05) is 12.6 Å². The van der Waals surface area contributed by atoms with Crippen LogP contribution in [0.1, 0.15) is 18.9 Å². The molecule has 0 saturated heterocycles. The topological polar surface area (TPSA) is 34.1 Å². The van der Waals surface area contributed by atoms with E-state index in [4.69, 9.17) is 4.74 Å². The van der Waals surface area contributed by atoms with Crippen molar-refractivity contribution in [3.63, 3.8) is 0 Å². The van der Waals surface area contributed by atoms with Crippen LogP contribution in [0.2, 0.25) is 0 Å². The average molecular weight is 260 g/mol. The maximum absolute atomic E-state index is 12.6. The molecule has 0 aliphatic rings. The van der Waals surface area contributed by atoms with Gasteiger partial charge in [-0.3, -0.25) is 0 Å². The van der Waals surface area contributed by atoms with Gasteiger partial charge in [-0.25, -0.2) is 0 Å². The van der Waals surface area contributed by atoms with Crippen molar-refractivity contribution in [2.24, 2.45) is 0 Å². The molecule has 6 heteroatoms. The molecule has 0 unspecified atom stereocenters. The Balaban J connectivity index is 2.94. The van der Waals surface area contributed by atoms with Crippen LogP contribution in [0.5, 0.6) is 5.88 Å². The molecule has 1 rings (SSSR count). The lowest BCUT2D eigenvalue weighted by Gasteiger charge is -2.12. The van der Waals surface area contributed by atoms with E-state index in [0.717, 1.165) is 12.1 Å². The molecule has 0 atom stereocenters. The maximum atomic E-state index is 12.6. The van der Waals surface area contributed by atoms with Gasteiger partial charge in [0.2, 0.25) is 5.88 Å². The van der Waals surface area contributed by atoms with E-state index in [9.17, 15) is 13.2 Å². The quantitative estimate of drug-likeness (QED) is 0.628. The molecule has 1 heterocycles. The van der Waals surface area contributed by atoms with Crippen molar-refractivity contribution < 1.29 is 17.9 Å². The Hall–Kier alpha value is -1.72. The van der Waals surface area contributed by atoms with Crippen LogP contribution in [0.3, 0.4) is 0 Å². The van der Waals surface area contributed by atoms with Gasteiger partial charge in [-0.05, 0) is 19.4 Å². The minimum absolute atomic E-state index is 0.0392. The first kappa shape index (κ1) is 14.3. The Morgan fingerprint density at radius 1 is 1.44 bits per heavy atom. The van der Waals surface area contributed by atoms with Gasteiger partial charge in [-0.2, -0.15) is 18.2 Å². The van der Waals surface area contributed by atoms with Crippen LogP contribution < -0.4 is 10.1 Å². The molecule has 3 nitrogen and oxygen atoms in total. The van der Waals surface area contributed by atoms with Crippen molar-refractivity contribution in [3.8, 4) is 5.88 Å². The summed E-state index contributed by atoms with van der Waals surface area (Å²) < 4.78 is 43.1. The molecule has 0 spiro atoms. The SMILES string of the molecule is C=CCCOc1cc(C(F)(F)F)cc(NCC)n1. The van der Waals surface area contributed by atoms with E-state index < -0.39 is 11.7 Å². The zero-order valence-electron chi connectivity index (χ0n) is 10.0. The molecule has 18 heavy (non-hydrogen) atoms. The third kappa shape index (κ3) is 4.27. The minimum Gasteiger partial charge on any atom is -0.477 e. The summed E-state index contributed by atoms with van der Waals surface area (Å²) in [7, 11) is 0. The van der Waals surface area contributed by atoms with E-state index in [2.05, 4.69) is 16.9 Å². The summed E-state index contributed by atoms with van der Waals surface area (Å²) in [4.78, 5) is 3.94. The van der Waals surface area contributed by atoms with E-state index in [-0.39, 0.29) is 18.3 Å². The van der Waals surface area contributed by atoms with E-state index in [1.165, 1.54) is 0 Å². The normalized spacial score (nSPS) is 11.1. The first-order chi connectivity index (χ1) is 8.47. The molecule has 0 radical (unpaired) electrons. The zero-order chi connectivity index (χ0) is 13.6. The van der Waals surface area contributed by atoms with Crippen LogP contribution in [-0.4, -0.2) is 18.1 Å². The Bertz CT molecular complexity index is 405. The van der Waals surface area contributed by atoms with Gasteiger partial charge >= 0.3 is 6.18 Å². The molecule has 100 valence electrons. The van der Waals surface area contributed by atoms with Crippen molar-refractivity contribution in [3.05, 3.63) is 30.4 Å². The molecule has 0 saturated carbocycles. The van der Waals surface area contributed by atoms with Gasteiger partial charge in [-0.1, -0.05) is 6.08 Å². The van der Waals surface area contributed by atoms with Gasteiger partial charge < -0.3 is 10.1 Å². The lowest BCUT2D eigenvalue weighted by Crippen LogP contribution is -2.09. The van der Waals surface area contributed by atoms with Crippen LogP contribution in [0, 0.1) is 0 Å². The molecular weight excluding hydrogens is 245 g/mol. The number of anilines is 1. The van der Waals surface area contributed by atoms with Crippen LogP contribution in [0.4, 0.5) is 19.0 Å². The highest BCUT2D eigenvalue weighted by molar-refractivity contribution is 5.42. The van der Waals surface area contributed by atoms with E-state index in [0.29, 0.717) is 13.0 Å². The fourth-order valence-corrected chi connectivity index (χ4v) is 1.26. The van der Waals surface area contributed by atoms with Crippen molar-refractivity contribution >= 4 is 5.82 Å². The number of rotatable bonds is 6. The minimum atomic E-state index is -4.41. The Labute approximate surface area is 104 Å². The van der Waals surface area contributed by atoms with Crippen molar-refractivity contribution in [2.75, 3.05) is 18.5 Å². The molecule has 0 aliphatic heterocycles. The molecule has 0 fully saturated rings. The smallest absolute Gasteiger partial charge is 0.416 e. The number of alkyl halides is 3. The number of halogens is 3. The first-order valence-corrected chi connectivity index (χ1v) is 5.54. The third-order valence-electron chi connectivity index (χ3n) is 2.06. The molecular formula is C12H15F3N2O. The van der Waals surface area contributed by atoms with Crippen molar-refractivity contribution in [2.45, 2.75) is 19.5 Å². The van der Waals surface area contributed by atoms with Gasteiger partial charge in [0.05, 0.1) is 12.2 Å². The Morgan fingerprint density at radius 2 is 2.17 bits per heavy atom. The average Bonchev–Trinajstić information content (AvgIpc) is 2.28. The Morgan fingerprint density at radius 3 is 2.72 bits per heavy atom. The number of hydrogen-bond acceptors (Lipinski definition) is 3. The second-order valence-electron chi connectivity index (χ2n) is 3.53. The molecule has 0 aliphatic carbocycles. The second-order valence-corrected chi connectivity index (χ2v) is 3.53. The summed E-state index contributed by atoms with van der Waals surface area (Å²) in [6.45, 7) is 6.02. The first-order valence-electron chi connectivity index (χ1n) is 5.54. The van der Waals surface area contributed by atoms with Crippen molar-refractivity contribution in [1.82, 2.24) is 4.98 Å². The predicted molar refractivity (Wildman–Crippen MR) is 63.7 cm³/mol. The van der Waals surface area contributed by atoms with Gasteiger partial charge in [-0.15, -0.1) is 6.58 Å². The standard InChI is InChI=1S/C12H15F3N2O/c1-3-5-6-18-11-8-9(12(13,14)15)7-10(17-11)16-4-2/h3,7-8H,1,4-6H2,2H3,(H,16,17). The lowest BCUT2D eigenvalue weighted by atomic mass is 10.2. The molecule has 1 N–H and O–H groups in total. The number of ether oxygens (including phenoxy) is 1. The van der Waals surface area contributed by atoms with Crippen LogP contribution >= 0.6 is 0 Å².